The number of hydrogen-bond donors (Lipinski definition) is 1. The molecule has 1 aliphatic rings. The summed E-state index contributed by atoms with van der Waals surface area (Å²) in [6.07, 6.45) is -3.37. The molecule has 1 aromatic heterocycles. The third-order valence-electron chi connectivity index (χ3n) is 5.04. The summed E-state index contributed by atoms with van der Waals surface area (Å²) in [5.41, 5.74) is 0.592. The number of esters is 1. The Morgan fingerprint density at radius 1 is 1.17 bits per heavy atom. The number of fused-ring (bicyclic) bond motifs is 1. The topological polar surface area (TPSA) is 63.7 Å². The number of ether oxygens (including phenoxy) is 2. The van der Waals surface area contributed by atoms with E-state index in [0.29, 0.717) is 23.5 Å². The molecule has 2 heterocycles. The molecule has 1 atom stereocenters. The number of anilines is 1. The van der Waals surface area contributed by atoms with E-state index < -0.39 is 23.6 Å². The monoisotopic (exact) mass is 535 g/mol. The summed E-state index contributed by atoms with van der Waals surface area (Å²) >= 11 is 0. The van der Waals surface area contributed by atoms with E-state index >= 15 is 0 Å². The number of carbonyl (C=O) groups excluding carboxylic acids is 1. The van der Waals surface area contributed by atoms with Crippen LogP contribution < -0.4 is 10.1 Å². The zero-order valence-corrected chi connectivity index (χ0v) is 21.7. The van der Waals surface area contributed by atoms with Crippen molar-refractivity contribution in [3.63, 3.8) is 0 Å². The largest absolute Gasteiger partial charge is 0.475 e. The van der Waals surface area contributed by atoms with Gasteiger partial charge in [0, 0.05) is 29.7 Å². The summed E-state index contributed by atoms with van der Waals surface area (Å²) < 4.78 is 53.4. The molecule has 1 unspecified atom stereocenters. The van der Waals surface area contributed by atoms with E-state index in [0.717, 1.165) is 6.07 Å². The molecule has 0 fully saturated rings. The number of carbonyl (C=O) groups is 1. The molecule has 0 saturated heterocycles. The first-order valence-corrected chi connectivity index (χ1v) is 10.7. The first-order chi connectivity index (χ1) is 15.5. The zero-order chi connectivity index (χ0) is 24.3. The highest BCUT2D eigenvalue weighted by Gasteiger charge is 2.42. The summed E-state index contributed by atoms with van der Waals surface area (Å²) in [6.45, 7) is 5.63. The summed E-state index contributed by atoms with van der Waals surface area (Å²) in [5.74, 6) is -1.60. The molecule has 0 radical (unpaired) electrons. The first-order valence-electron chi connectivity index (χ1n) is 10.7. The molecule has 3 rings (SSSR count). The van der Waals surface area contributed by atoms with Crippen molar-refractivity contribution in [1.82, 2.24) is 9.88 Å². The van der Waals surface area contributed by atoms with Crippen molar-refractivity contribution in [3.05, 3.63) is 64.5 Å². The van der Waals surface area contributed by atoms with Crippen molar-refractivity contribution < 1.29 is 27.4 Å². The van der Waals surface area contributed by atoms with Crippen molar-refractivity contribution >= 4 is 36.5 Å². The highest BCUT2D eigenvalue weighted by molar-refractivity contribution is 5.95. The average Bonchev–Trinajstić information content (AvgIpc) is 2.71. The van der Waals surface area contributed by atoms with Crippen LogP contribution in [-0.4, -0.2) is 49.2 Å². The number of halogens is 5. The summed E-state index contributed by atoms with van der Waals surface area (Å²) in [4.78, 5) is 19.3. The molecule has 0 bridgehead atoms. The smallest absolute Gasteiger partial charge is 0.416 e. The van der Waals surface area contributed by atoms with Crippen molar-refractivity contribution in [2.45, 2.75) is 39.0 Å². The van der Waals surface area contributed by atoms with Crippen LogP contribution in [0.25, 0.3) is 0 Å². The van der Waals surface area contributed by atoms with Crippen LogP contribution in [0, 0.1) is 0 Å². The lowest BCUT2D eigenvalue weighted by molar-refractivity contribution is -0.140. The van der Waals surface area contributed by atoms with Gasteiger partial charge in [-0.3, -0.25) is 0 Å². The Balaban J connectivity index is 0.00000306. The van der Waals surface area contributed by atoms with Gasteiger partial charge >= 0.3 is 12.1 Å². The standard InChI is InChI=1S/C24H28F3N3O3.2ClH/c1-6-32-23(31)21-18(13-30(4)5)29-17-11-12-28-22(33-14(2)3)20(17)19(21)15-9-7-8-10-16(15)24(25,26)27;;/h7-12,14,19,29H,6,13H2,1-5H3;2*1H. The predicted octanol–water partition coefficient (Wildman–Crippen LogP) is 5.67. The molecular weight excluding hydrogens is 506 g/mol. The van der Waals surface area contributed by atoms with Gasteiger partial charge in [0.15, 0.2) is 0 Å². The van der Waals surface area contributed by atoms with Gasteiger partial charge in [-0.1, -0.05) is 18.2 Å². The molecule has 0 spiro atoms. The second kappa shape index (κ2) is 12.5. The van der Waals surface area contributed by atoms with Gasteiger partial charge in [0.05, 0.1) is 29.8 Å². The van der Waals surface area contributed by atoms with Crippen LogP contribution in [0.4, 0.5) is 18.9 Å². The first kappa shape index (κ1) is 30.5. The van der Waals surface area contributed by atoms with Crippen LogP contribution in [-0.2, 0) is 15.7 Å². The van der Waals surface area contributed by atoms with Gasteiger partial charge in [0.1, 0.15) is 0 Å². The number of benzene rings is 1. The maximum atomic E-state index is 14.1. The Bertz CT molecular complexity index is 1060. The number of hydrogen-bond acceptors (Lipinski definition) is 6. The minimum absolute atomic E-state index is 0. The Labute approximate surface area is 215 Å². The number of nitrogens with one attached hydrogen (secondary N) is 1. The lowest BCUT2D eigenvalue weighted by atomic mass is 9.79. The van der Waals surface area contributed by atoms with Gasteiger partial charge in [0.2, 0.25) is 5.88 Å². The molecule has 2 aromatic rings. The summed E-state index contributed by atoms with van der Waals surface area (Å²) in [7, 11) is 3.62. The number of pyridine rings is 1. The molecule has 1 aromatic carbocycles. The highest BCUT2D eigenvalue weighted by atomic mass is 35.5. The van der Waals surface area contributed by atoms with Gasteiger partial charge in [0.25, 0.3) is 0 Å². The molecule has 6 nitrogen and oxygen atoms in total. The Hall–Kier alpha value is -2.49. The van der Waals surface area contributed by atoms with Crippen LogP contribution in [0.3, 0.4) is 0 Å². The number of rotatable bonds is 7. The van der Waals surface area contributed by atoms with Gasteiger partial charge in [-0.15, -0.1) is 24.8 Å². The Kier molecular flexibility index (Phi) is 10.9. The second-order valence-corrected chi connectivity index (χ2v) is 8.24. The lowest BCUT2D eigenvalue weighted by Gasteiger charge is -2.34. The Morgan fingerprint density at radius 2 is 1.83 bits per heavy atom. The van der Waals surface area contributed by atoms with E-state index in [1.807, 2.05) is 19.0 Å². The van der Waals surface area contributed by atoms with Crippen LogP contribution in [0.15, 0.2) is 47.8 Å². The molecule has 1 N–H and O–H groups in total. The number of nitrogens with zero attached hydrogens (tertiary/aromatic N) is 2. The zero-order valence-electron chi connectivity index (χ0n) is 20.1. The van der Waals surface area contributed by atoms with Crippen LogP contribution in [0.2, 0.25) is 0 Å². The molecular formula is C24H30Cl2F3N3O3. The molecule has 0 saturated carbocycles. The van der Waals surface area contributed by atoms with E-state index in [2.05, 4.69) is 10.3 Å². The Morgan fingerprint density at radius 3 is 2.40 bits per heavy atom. The fourth-order valence-corrected chi connectivity index (χ4v) is 3.92. The fourth-order valence-electron chi connectivity index (χ4n) is 3.92. The van der Waals surface area contributed by atoms with Gasteiger partial charge < -0.3 is 19.7 Å². The number of aromatic nitrogens is 1. The van der Waals surface area contributed by atoms with Crippen LogP contribution in [0.5, 0.6) is 5.88 Å². The average molecular weight is 536 g/mol. The minimum atomic E-state index is -4.62. The third-order valence-corrected chi connectivity index (χ3v) is 5.04. The predicted molar refractivity (Wildman–Crippen MR) is 134 cm³/mol. The highest BCUT2D eigenvalue weighted by Crippen LogP contribution is 2.49. The van der Waals surface area contributed by atoms with Crippen molar-refractivity contribution in [2.24, 2.45) is 0 Å². The van der Waals surface area contributed by atoms with E-state index in [-0.39, 0.29) is 54.5 Å². The SMILES string of the molecule is CCOC(=O)C1=C(CN(C)C)Nc2ccnc(OC(C)C)c2C1c1ccccc1C(F)(F)F.Cl.Cl. The lowest BCUT2D eigenvalue weighted by Crippen LogP contribution is -2.32. The molecule has 35 heavy (non-hydrogen) atoms. The van der Waals surface area contributed by atoms with E-state index in [1.54, 1.807) is 26.8 Å². The van der Waals surface area contributed by atoms with Crippen LogP contribution in [0.1, 0.15) is 43.4 Å². The van der Waals surface area contributed by atoms with E-state index in [4.69, 9.17) is 9.47 Å². The molecule has 194 valence electrons. The van der Waals surface area contributed by atoms with Gasteiger partial charge in [-0.05, 0) is 52.6 Å². The third kappa shape index (κ3) is 6.80. The molecule has 0 amide bonds. The fraction of sp³-hybridized carbons (Fsp3) is 0.417. The van der Waals surface area contributed by atoms with E-state index in [9.17, 15) is 18.0 Å². The van der Waals surface area contributed by atoms with Crippen molar-refractivity contribution in [3.8, 4) is 5.88 Å². The van der Waals surface area contributed by atoms with Gasteiger partial charge in [-0.2, -0.15) is 13.2 Å². The maximum Gasteiger partial charge on any atom is 0.416 e. The van der Waals surface area contributed by atoms with E-state index in [1.165, 1.54) is 24.4 Å². The summed E-state index contributed by atoms with van der Waals surface area (Å²) in [6, 6.07) is 6.94. The normalized spacial score (nSPS) is 15.1. The molecule has 11 heteroatoms. The number of alkyl halides is 3. The summed E-state index contributed by atoms with van der Waals surface area (Å²) in [5, 5.41) is 3.23. The molecule has 1 aliphatic heterocycles. The maximum absolute atomic E-state index is 14.1. The molecule has 0 aliphatic carbocycles. The quantitative estimate of drug-likeness (QED) is 0.461. The van der Waals surface area contributed by atoms with Crippen molar-refractivity contribution in [2.75, 3.05) is 32.6 Å². The van der Waals surface area contributed by atoms with Crippen molar-refractivity contribution in [1.29, 1.82) is 0 Å². The van der Waals surface area contributed by atoms with Gasteiger partial charge in [-0.25, -0.2) is 9.78 Å². The second-order valence-electron chi connectivity index (χ2n) is 8.24. The van der Waals surface area contributed by atoms with Crippen LogP contribution >= 0.6 is 24.8 Å². The number of likely N-dealkylation sites (N-methyl/N-ethyl adjacent to an activating group) is 1. The minimum Gasteiger partial charge on any atom is -0.475 e.